The molecule has 2 amide bonds. The second-order valence-corrected chi connectivity index (χ2v) is 11.6. The Labute approximate surface area is 238 Å². The molecular weight excluding hydrogens is 582 g/mol. The van der Waals surface area contributed by atoms with Gasteiger partial charge in [0.25, 0.3) is 0 Å². The van der Waals surface area contributed by atoms with E-state index in [0.29, 0.717) is 18.4 Å². The zero-order chi connectivity index (χ0) is 28.0. The standard InChI is InChI=1S/C28H30BrN5O6/c1-2-39-27(38)21-22-26(37)34(17(14-35)12-16-8-4-3-5-9-16)24(28(22)13-18(29)23(21)40-28)25(36)30-15-33-20-11-7-6-10-19(20)31-32-33/h3-11,17-18,21-24,35H,2,12-15H2,1H3,(H,30,36)/t17-,18?,21-,22+,23-,24-,28+/m1/s1. The largest absolute Gasteiger partial charge is 0.466 e. The molecule has 4 heterocycles. The van der Waals surface area contributed by atoms with Crippen molar-refractivity contribution in [2.75, 3.05) is 13.2 Å². The second kappa shape index (κ2) is 10.6. The molecule has 2 aromatic carbocycles. The van der Waals surface area contributed by atoms with E-state index in [4.69, 9.17) is 9.47 Å². The van der Waals surface area contributed by atoms with Crippen molar-refractivity contribution in [1.82, 2.24) is 25.2 Å². The zero-order valence-electron chi connectivity index (χ0n) is 21.9. The monoisotopic (exact) mass is 611 g/mol. The summed E-state index contributed by atoms with van der Waals surface area (Å²) < 4.78 is 13.4. The third-order valence-electron chi connectivity index (χ3n) is 8.28. The lowest BCUT2D eigenvalue weighted by atomic mass is 9.70. The molecule has 0 radical (unpaired) electrons. The average Bonchev–Trinajstić information content (AvgIpc) is 3.68. The van der Waals surface area contributed by atoms with Gasteiger partial charge in [-0.15, -0.1) is 5.10 Å². The third kappa shape index (κ3) is 4.20. The molecule has 3 aliphatic rings. The van der Waals surface area contributed by atoms with Gasteiger partial charge in [-0.3, -0.25) is 14.4 Å². The van der Waals surface area contributed by atoms with Crippen molar-refractivity contribution in [2.45, 2.75) is 55.0 Å². The number of likely N-dealkylation sites (tertiary alicyclic amines) is 1. The molecule has 2 N–H and O–H groups in total. The van der Waals surface area contributed by atoms with Crippen LogP contribution in [0.25, 0.3) is 11.0 Å². The first-order valence-electron chi connectivity index (χ1n) is 13.4. The minimum Gasteiger partial charge on any atom is -0.466 e. The van der Waals surface area contributed by atoms with Crippen LogP contribution in [0.4, 0.5) is 0 Å². The average molecular weight is 612 g/mol. The number of esters is 1. The van der Waals surface area contributed by atoms with Crippen LogP contribution in [0.15, 0.2) is 54.6 Å². The molecule has 1 spiro atoms. The number of carbonyl (C=O) groups excluding carboxylic acids is 3. The van der Waals surface area contributed by atoms with Gasteiger partial charge in [-0.25, -0.2) is 4.68 Å². The van der Waals surface area contributed by atoms with Crippen molar-refractivity contribution in [3.8, 4) is 0 Å². The lowest BCUT2D eigenvalue weighted by Crippen LogP contribution is -2.58. The topological polar surface area (TPSA) is 136 Å². The Hall–Kier alpha value is -3.35. The van der Waals surface area contributed by atoms with Gasteiger partial charge in [-0.1, -0.05) is 63.6 Å². The number of nitrogens with zero attached hydrogens (tertiary/aromatic N) is 4. The Morgan fingerprint density at radius 3 is 2.73 bits per heavy atom. The Balaban J connectivity index is 1.36. The number of ether oxygens (including phenoxy) is 2. The SMILES string of the molecule is CCOC(=O)[C@H]1[C@@H]2O[C@@]3(CC2Br)[C@@H]1C(=O)N([C@@H](CO)Cc1ccccc1)[C@@H]3C(=O)NCn1nnc2ccccc21. The summed E-state index contributed by atoms with van der Waals surface area (Å²) in [6.45, 7) is 1.52. The van der Waals surface area contributed by atoms with E-state index in [1.54, 1.807) is 11.6 Å². The van der Waals surface area contributed by atoms with Crippen LogP contribution in [0.1, 0.15) is 18.9 Å². The minimum absolute atomic E-state index is 0.0174. The predicted molar refractivity (Wildman–Crippen MR) is 146 cm³/mol. The summed E-state index contributed by atoms with van der Waals surface area (Å²) in [5.74, 6) is -3.12. The van der Waals surface area contributed by atoms with Crippen LogP contribution >= 0.6 is 15.9 Å². The van der Waals surface area contributed by atoms with Crippen molar-refractivity contribution in [3.05, 3.63) is 60.2 Å². The number of alkyl halides is 1. The lowest BCUT2D eigenvalue weighted by Gasteiger charge is -2.36. The minimum atomic E-state index is -1.26. The van der Waals surface area contributed by atoms with E-state index in [0.717, 1.165) is 11.1 Å². The molecule has 6 rings (SSSR count). The number of hydrogen-bond acceptors (Lipinski definition) is 8. The summed E-state index contributed by atoms with van der Waals surface area (Å²) in [5, 5.41) is 21.7. The van der Waals surface area contributed by atoms with E-state index in [1.807, 2.05) is 54.6 Å². The zero-order valence-corrected chi connectivity index (χ0v) is 23.4. The fourth-order valence-corrected chi connectivity index (χ4v) is 7.63. The molecule has 3 aromatic rings. The van der Waals surface area contributed by atoms with E-state index >= 15 is 0 Å². The number of amides is 2. The van der Waals surface area contributed by atoms with E-state index in [9.17, 15) is 19.5 Å². The van der Waals surface area contributed by atoms with Gasteiger partial charge in [-0.2, -0.15) is 0 Å². The van der Waals surface area contributed by atoms with Gasteiger partial charge >= 0.3 is 5.97 Å². The number of aromatic nitrogens is 3. The normalized spacial score (nSPS) is 29.5. The van der Waals surface area contributed by atoms with Crippen molar-refractivity contribution in [3.63, 3.8) is 0 Å². The van der Waals surface area contributed by atoms with Gasteiger partial charge in [0.1, 0.15) is 23.8 Å². The first-order valence-corrected chi connectivity index (χ1v) is 14.3. The summed E-state index contributed by atoms with van der Waals surface area (Å²) >= 11 is 3.64. The fourth-order valence-electron chi connectivity index (χ4n) is 6.69. The van der Waals surface area contributed by atoms with Gasteiger partial charge in [-0.05, 0) is 37.5 Å². The Morgan fingerprint density at radius 2 is 1.98 bits per heavy atom. The number of fused-ring (bicyclic) bond motifs is 2. The number of aliphatic hydroxyl groups excluding tert-OH is 1. The first-order chi connectivity index (χ1) is 19.4. The van der Waals surface area contributed by atoms with E-state index in [-0.39, 0.29) is 30.6 Å². The smallest absolute Gasteiger partial charge is 0.312 e. The molecule has 12 heteroatoms. The maximum atomic E-state index is 14.2. The molecule has 2 bridgehead atoms. The van der Waals surface area contributed by atoms with Crippen molar-refractivity contribution in [1.29, 1.82) is 0 Å². The van der Waals surface area contributed by atoms with E-state index < -0.39 is 47.5 Å². The summed E-state index contributed by atoms with van der Waals surface area (Å²) in [6.07, 6.45) is 0.0783. The van der Waals surface area contributed by atoms with Gasteiger partial charge < -0.3 is 24.8 Å². The van der Waals surface area contributed by atoms with Gasteiger partial charge in [0, 0.05) is 4.83 Å². The van der Waals surface area contributed by atoms with Gasteiger partial charge in [0.15, 0.2) is 0 Å². The molecule has 0 aliphatic carbocycles. The summed E-state index contributed by atoms with van der Waals surface area (Å²) in [4.78, 5) is 42.6. The number of nitrogens with one attached hydrogen (secondary N) is 1. The summed E-state index contributed by atoms with van der Waals surface area (Å²) in [5.41, 5.74) is 1.08. The Kier molecular flexibility index (Phi) is 7.09. The van der Waals surface area contributed by atoms with Crippen LogP contribution in [0.3, 0.4) is 0 Å². The molecule has 3 saturated heterocycles. The van der Waals surface area contributed by atoms with Crippen LogP contribution in [0, 0.1) is 11.8 Å². The van der Waals surface area contributed by atoms with E-state index in [1.165, 1.54) is 4.90 Å². The number of halogens is 1. The highest BCUT2D eigenvalue weighted by atomic mass is 79.9. The number of carbonyl (C=O) groups is 3. The van der Waals surface area contributed by atoms with Crippen LogP contribution in [-0.2, 0) is 36.9 Å². The summed E-state index contributed by atoms with van der Waals surface area (Å²) in [6, 6.07) is 15.1. The molecule has 0 saturated carbocycles. The highest BCUT2D eigenvalue weighted by molar-refractivity contribution is 9.09. The predicted octanol–water partition coefficient (Wildman–Crippen LogP) is 1.42. The maximum Gasteiger partial charge on any atom is 0.312 e. The molecule has 3 fully saturated rings. The lowest BCUT2D eigenvalue weighted by molar-refractivity contribution is -0.155. The van der Waals surface area contributed by atoms with E-state index in [2.05, 4.69) is 31.6 Å². The number of benzene rings is 2. The quantitative estimate of drug-likeness (QED) is 0.274. The molecule has 11 nitrogen and oxygen atoms in total. The first kappa shape index (κ1) is 26.9. The van der Waals surface area contributed by atoms with Crippen molar-refractivity contribution < 1.29 is 29.0 Å². The summed E-state index contributed by atoms with van der Waals surface area (Å²) in [7, 11) is 0. The second-order valence-electron chi connectivity index (χ2n) is 10.5. The molecule has 40 heavy (non-hydrogen) atoms. The number of rotatable bonds is 9. The molecule has 3 aliphatic heterocycles. The highest BCUT2D eigenvalue weighted by Gasteiger charge is 2.77. The fraction of sp³-hybridized carbons (Fsp3) is 0.464. The van der Waals surface area contributed by atoms with Crippen LogP contribution < -0.4 is 5.32 Å². The number of hydrogen-bond donors (Lipinski definition) is 2. The number of para-hydroxylation sites is 1. The van der Waals surface area contributed by atoms with Crippen molar-refractivity contribution >= 4 is 44.7 Å². The Morgan fingerprint density at radius 1 is 1.23 bits per heavy atom. The third-order valence-corrected chi connectivity index (χ3v) is 9.12. The van der Waals surface area contributed by atoms with Crippen LogP contribution in [-0.4, -0.2) is 84.6 Å². The molecule has 210 valence electrons. The highest BCUT2D eigenvalue weighted by Crippen LogP contribution is 2.60. The van der Waals surface area contributed by atoms with Crippen LogP contribution in [0.2, 0.25) is 0 Å². The van der Waals surface area contributed by atoms with Gasteiger partial charge in [0.05, 0.1) is 42.7 Å². The molecule has 7 atom stereocenters. The Bertz CT molecular complexity index is 1430. The number of aliphatic hydroxyl groups is 1. The molecular formula is C28H30BrN5O6. The molecule has 1 aromatic heterocycles. The van der Waals surface area contributed by atoms with Crippen molar-refractivity contribution in [2.24, 2.45) is 11.8 Å². The molecule has 1 unspecified atom stereocenters. The van der Waals surface area contributed by atoms with Gasteiger partial charge in [0.2, 0.25) is 11.8 Å². The maximum absolute atomic E-state index is 14.2. The van der Waals surface area contributed by atoms with Crippen LogP contribution in [0.5, 0.6) is 0 Å².